The SMILES string of the molecule is CCOC(=O)C=[N+]1CCCCC1. The predicted octanol–water partition coefficient (Wildman–Crippen LogP) is 0.817. The molecule has 0 N–H and O–H groups in total. The summed E-state index contributed by atoms with van der Waals surface area (Å²) in [4.78, 5) is 11.0. The second-order valence-corrected chi connectivity index (χ2v) is 2.98. The van der Waals surface area contributed by atoms with E-state index in [4.69, 9.17) is 4.74 Å². The van der Waals surface area contributed by atoms with Gasteiger partial charge in [-0.25, -0.2) is 9.37 Å². The van der Waals surface area contributed by atoms with Gasteiger partial charge >= 0.3 is 5.97 Å². The summed E-state index contributed by atoms with van der Waals surface area (Å²) in [5.74, 6) is -0.209. The number of ether oxygens (including phenoxy) is 1. The van der Waals surface area contributed by atoms with Crippen LogP contribution >= 0.6 is 0 Å². The van der Waals surface area contributed by atoms with Crippen LogP contribution in [-0.2, 0) is 9.53 Å². The molecule has 0 unspecified atom stereocenters. The third kappa shape index (κ3) is 3.03. The smallest absolute Gasteiger partial charge is 0.395 e. The first-order chi connectivity index (χ1) is 5.83. The van der Waals surface area contributed by atoms with Crippen molar-refractivity contribution >= 4 is 12.2 Å². The fourth-order valence-electron chi connectivity index (χ4n) is 1.38. The van der Waals surface area contributed by atoms with E-state index >= 15 is 0 Å². The van der Waals surface area contributed by atoms with E-state index in [1.165, 1.54) is 19.3 Å². The number of piperidine rings is 1. The van der Waals surface area contributed by atoms with Crippen molar-refractivity contribution in [2.75, 3.05) is 19.7 Å². The van der Waals surface area contributed by atoms with Gasteiger partial charge in [0, 0.05) is 12.8 Å². The molecular formula is C9H16NO2+. The Morgan fingerprint density at radius 2 is 2.08 bits per heavy atom. The van der Waals surface area contributed by atoms with Crippen molar-refractivity contribution in [1.82, 2.24) is 0 Å². The van der Waals surface area contributed by atoms with Crippen LogP contribution in [0, 0.1) is 0 Å². The van der Waals surface area contributed by atoms with E-state index in [9.17, 15) is 4.79 Å². The lowest BCUT2D eigenvalue weighted by Crippen LogP contribution is -2.24. The molecule has 1 saturated heterocycles. The molecule has 0 bridgehead atoms. The molecule has 1 aliphatic heterocycles. The Bertz CT molecular complexity index is 179. The van der Waals surface area contributed by atoms with Crippen LogP contribution < -0.4 is 0 Å². The first-order valence-corrected chi connectivity index (χ1v) is 4.58. The van der Waals surface area contributed by atoms with Gasteiger partial charge in [0.2, 0.25) is 6.21 Å². The molecule has 1 aliphatic rings. The molecule has 12 heavy (non-hydrogen) atoms. The van der Waals surface area contributed by atoms with E-state index < -0.39 is 0 Å². The molecule has 3 heteroatoms. The molecule has 0 saturated carbocycles. The number of nitrogens with zero attached hydrogens (tertiary/aromatic N) is 1. The summed E-state index contributed by atoms with van der Waals surface area (Å²) in [6.07, 6.45) is 5.25. The van der Waals surface area contributed by atoms with Gasteiger partial charge in [0.05, 0.1) is 6.61 Å². The Kier molecular flexibility index (Phi) is 3.77. The maximum absolute atomic E-state index is 11.0. The lowest BCUT2D eigenvalue weighted by atomic mass is 10.2. The average molecular weight is 170 g/mol. The van der Waals surface area contributed by atoms with E-state index in [0.717, 1.165) is 13.1 Å². The maximum atomic E-state index is 11.0. The van der Waals surface area contributed by atoms with Crippen LogP contribution in [0.1, 0.15) is 26.2 Å². The van der Waals surface area contributed by atoms with Crippen molar-refractivity contribution in [2.45, 2.75) is 26.2 Å². The summed E-state index contributed by atoms with van der Waals surface area (Å²) >= 11 is 0. The molecule has 0 amide bonds. The normalized spacial score (nSPS) is 17.2. The highest BCUT2D eigenvalue weighted by Crippen LogP contribution is 2.02. The van der Waals surface area contributed by atoms with Crippen molar-refractivity contribution in [1.29, 1.82) is 0 Å². The Morgan fingerprint density at radius 1 is 1.42 bits per heavy atom. The van der Waals surface area contributed by atoms with Crippen molar-refractivity contribution in [3.63, 3.8) is 0 Å². The van der Waals surface area contributed by atoms with Crippen LogP contribution in [0.25, 0.3) is 0 Å². The standard InChI is InChI=1S/C9H16NO2/c1-2-12-9(11)8-10-6-4-3-5-7-10/h8H,2-7H2,1H3/q+1. The summed E-state index contributed by atoms with van der Waals surface area (Å²) in [5.41, 5.74) is 0. The van der Waals surface area contributed by atoms with Gasteiger partial charge in [0.15, 0.2) is 0 Å². The third-order valence-electron chi connectivity index (χ3n) is 1.97. The van der Waals surface area contributed by atoms with Gasteiger partial charge in [-0.05, 0) is 13.3 Å². The second-order valence-electron chi connectivity index (χ2n) is 2.98. The third-order valence-corrected chi connectivity index (χ3v) is 1.97. The molecule has 0 spiro atoms. The van der Waals surface area contributed by atoms with E-state index in [-0.39, 0.29) is 5.97 Å². The number of hydrogen-bond acceptors (Lipinski definition) is 2. The molecule has 0 aromatic carbocycles. The van der Waals surface area contributed by atoms with Crippen LogP contribution in [0.4, 0.5) is 0 Å². The van der Waals surface area contributed by atoms with Crippen LogP contribution in [0.2, 0.25) is 0 Å². The van der Waals surface area contributed by atoms with Crippen molar-refractivity contribution in [3.8, 4) is 0 Å². The molecule has 0 atom stereocenters. The first kappa shape index (κ1) is 9.23. The fourth-order valence-corrected chi connectivity index (χ4v) is 1.38. The lowest BCUT2D eigenvalue weighted by molar-refractivity contribution is -0.532. The molecule has 0 radical (unpaired) electrons. The van der Waals surface area contributed by atoms with Crippen LogP contribution in [0.5, 0.6) is 0 Å². The maximum Gasteiger partial charge on any atom is 0.395 e. The number of carbonyl (C=O) groups excluding carboxylic acids is 1. The number of esters is 1. The number of hydrogen-bond donors (Lipinski definition) is 0. The monoisotopic (exact) mass is 170 g/mol. The van der Waals surface area contributed by atoms with Crippen LogP contribution in [-0.4, -0.2) is 36.5 Å². The van der Waals surface area contributed by atoms with Gasteiger partial charge in [-0.15, -0.1) is 0 Å². The summed E-state index contributed by atoms with van der Waals surface area (Å²) in [7, 11) is 0. The molecule has 0 aromatic rings. The minimum atomic E-state index is -0.209. The molecule has 3 nitrogen and oxygen atoms in total. The highest BCUT2D eigenvalue weighted by Gasteiger charge is 2.12. The molecule has 68 valence electrons. The topological polar surface area (TPSA) is 29.3 Å². The van der Waals surface area contributed by atoms with E-state index in [0.29, 0.717) is 6.61 Å². The molecule has 1 rings (SSSR count). The van der Waals surface area contributed by atoms with E-state index in [1.807, 2.05) is 11.5 Å². The zero-order valence-corrected chi connectivity index (χ0v) is 7.58. The summed E-state index contributed by atoms with van der Waals surface area (Å²) < 4.78 is 6.85. The minimum Gasteiger partial charge on any atom is -0.459 e. The van der Waals surface area contributed by atoms with Crippen molar-refractivity contribution < 1.29 is 14.1 Å². The highest BCUT2D eigenvalue weighted by atomic mass is 16.5. The zero-order chi connectivity index (χ0) is 8.81. The van der Waals surface area contributed by atoms with Gasteiger partial charge in [-0.3, -0.25) is 0 Å². The van der Waals surface area contributed by atoms with Crippen LogP contribution in [0.15, 0.2) is 0 Å². The highest BCUT2D eigenvalue weighted by molar-refractivity contribution is 6.20. The molecular weight excluding hydrogens is 154 g/mol. The summed E-state index contributed by atoms with van der Waals surface area (Å²) in [6, 6.07) is 0. The minimum absolute atomic E-state index is 0.209. The lowest BCUT2D eigenvalue weighted by Gasteiger charge is -2.08. The van der Waals surface area contributed by atoms with Gasteiger partial charge < -0.3 is 4.74 Å². The Hall–Kier alpha value is -0.860. The number of carbonyl (C=O) groups is 1. The van der Waals surface area contributed by atoms with Gasteiger partial charge in [-0.2, -0.15) is 0 Å². The Balaban J connectivity index is 2.37. The van der Waals surface area contributed by atoms with Gasteiger partial charge in [0.1, 0.15) is 13.1 Å². The van der Waals surface area contributed by atoms with E-state index in [2.05, 4.69) is 0 Å². The summed E-state index contributed by atoms with van der Waals surface area (Å²) in [6.45, 7) is 4.28. The Morgan fingerprint density at radius 3 is 2.67 bits per heavy atom. The predicted molar refractivity (Wildman–Crippen MR) is 46.5 cm³/mol. The quantitative estimate of drug-likeness (QED) is 0.453. The number of rotatable bonds is 2. The van der Waals surface area contributed by atoms with E-state index in [1.54, 1.807) is 6.21 Å². The first-order valence-electron chi connectivity index (χ1n) is 4.58. The largest absolute Gasteiger partial charge is 0.459 e. The second kappa shape index (κ2) is 4.91. The van der Waals surface area contributed by atoms with Crippen molar-refractivity contribution in [2.24, 2.45) is 0 Å². The van der Waals surface area contributed by atoms with Crippen molar-refractivity contribution in [3.05, 3.63) is 0 Å². The average Bonchev–Trinajstić information content (AvgIpc) is 2.06. The summed E-state index contributed by atoms with van der Waals surface area (Å²) in [5, 5.41) is 0. The zero-order valence-electron chi connectivity index (χ0n) is 7.58. The Labute approximate surface area is 73.0 Å². The molecule has 0 aromatic heterocycles. The van der Waals surface area contributed by atoms with Crippen LogP contribution in [0.3, 0.4) is 0 Å². The molecule has 0 aliphatic carbocycles. The fraction of sp³-hybridized carbons (Fsp3) is 0.778. The van der Waals surface area contributed by atoms with Gasteiger partial charge in [0.25, 0.3) is 0 Å². The molecule has 1 fully saturated rings. The van der Waals surface area contributed by atoms with Gasteiger partial charge in [-0.1, -0.05) is 0 Å². The molecule has 1 heterocycles.